The summed E-state index contributed by atoms with van der Waals surface area (Å²) < 4.78 is 18.4. The zero-order chi connectivity index (χ0) is 13.0. The summed E-state index contributed by atoms with van der Waals surface area (Å²) >= 11 is 0. The fourth-order valence-corrected chi connectivity index (χ4v) is 1.91. The van der Waals surface area contributed by atoms with E-state index < -0.39 is 6.09 Å². The third kappa shape index (κ3) is 3.10. The standard InChI is InChI=1S/C12H15FN2O3/c13-9-2-1-3-11(6-9)18-8-10-7-14-4-5-15(10)12(16)17/h1-3,6,10,14H,4-5,7-8H2,(H,16,17). The zero-order valence-corrected chi connectivity index (χ0v) is 9.80. The van der Waals surface area contributed by atoms with E-state index in [1.165, 1.54) is 17.0 Å². The van der Waals surface area contributed by atoms with E-state index in [1.54, 1.807) is 12.1 Å². The minimum absolute atomic E-state index is 0.211. The maximum Gasteiger partial charge on any atom is 0.407 e. The minimum atomic E-state index is -0.954. The van der Waals surface area contributed by atoms with E-state index in [4.69, 9.17) is 9.84 Å². The van der Waals surface area contributed by atoms with Gasteiger partial charge in [0.15, 0.2) is 0 Å². The summed E-state index contributed by atoms with van der Waals surface area (Å²) in [6, 6.07) is 5.56. The van der Waals surface area contributed by atoms with Crippen LogP contribution in [-0.4, -0.2) is 48.4 Å². The van der Waals surface area contributed by atoms with Crippen LogP contribution in [0.5, 0.6) is 5.75 Å². The molecule has 1 amide bonds. The summed E-state index contributed by atoms with van der Waals surface area (Å²) in [5, 5.41) is 12.1. The van der Waals surface area contributed by atoms with Gasteiger partial charge >= 0.3 is 6.09 Å². The molecule has 1 atom stereocenters. The molecule has 1 aromatic rings. The smallest absolute Gasteiger partial charge is 0.407 e. The Balaban J connectivity index is 1.93. The largest absolute Gasteiger partial charge is 0.491 e. The van der Waals surface area contributed by atoms with E-state index in [0.29, 0.717) is 25.4 Å². The van der Waals surface area contributed by atoms with Crippen LogP contribution in [0.4, 0.5) is 9.18 Å². The second-order valence-electron chi connectivity index (χ2n) is 4.10. The molecule has 1 fully saturated rings. The van der Waals surface area contributed by atoms with Gasteiger partial charge < -0.3 is 15.2 Å². The molecule has 2 N–H and O–H groups in total. The van der Waals surface area contributed by atoms with Gasteiger partial charge in [-0.2, -0.15) is 0 Å². The number of ether oxygens (including phenoxy) is 1. The summed E-state index contributed by atoms with van der Waals surface area (Å²) in [5.41, 5.74) is 0. The van der Waals surface area contributed by atoms with Crippen LogP contribution in [0.1, 0.15) is 0 Å². The molecule has 1 aliphatic rings. The van der Waals surface area contributed by atoms with Crippen LogP contribution in [0.15, 0.2) is 24.3 Å². The number of benzene rings is 1. The van der Waals surface area contributed by atoms with Crippen molar-refractivity contribution in [3.63, 3.8) is 0 Å². The van der Waals surface area contributed by atoms with Gasteiger partial charge in [-0.3, -0.25) is 4.90 Å². The zero-order valence-electron chi connectivity index (χ0n) is 9.80. The molecule has 18 heavy (non-hydrogen) atoms. The fraction of sp³-hybridized carbons (Fsp3) is 0.417. The van der Waals surface area contributed by atoms with Crippen LogP contribution in [0.3, 0.4) is 0 Å². The fourth-order valence-electron chi connectivity index (χ4n) is 1.91. The first kappa shape index (κ1) is 12.6. The number of nitrogens with zero attached hydrogens (tertiary/aromatic N) is 1. The van der Waals surface area contributed by atoms with Gasteiger partial charge in [0, 0.05) is 25.7 Å². The van der Waals surface area contributed by atoms with Crippen LogP contribution in [0.2, 0.25) is 0 Å². The minimum Gasteiger partial charge on any atom is -0.491 e. The third-order valence-corrected chi connectivity index (χ3v) is 2.83. The second kappa shape index (κ2) is 5.68. The van der Waals surface area contributed by atoms with E-state index >= 15 is 0 Å². The SMILES string of the molecule is O=C(O)N1CCNCC1COc1cccc(F)c1. The lowest BCUT2D eigenvalue weighted by atomic mass is 10.2. The molecule has 6 heteroatoms. The van der Waals surface area contributed by atoms with Gasteiger partial charge in [-0.1, -0.05) is 6.07 Å². The molecule has 0 aliphatic carbocycles. The number of amides is 1. The molecule has 1 saturated heterocycles. The Morgan fingerprint density at radius 1 is 1.61 bits per heavy atom. The molecule has 1 unspecified atom stereocenters. The Bertz CT molecular complexity index is 428. The molecule has 5 nitrogen and oxygen atoms in total. The summed E-state index contributed by atoms with van der Waals surface area (Å²) in [6.07, 6.45) is -0.954. The van der Waals surface area contributed by atoms with Crippen molar-refractivity contribution in [3.8, 4) is 5.75 Å². The van der Waals surface area contributed by atoms with Crippen LogP contribution in [0, 0.1) is 5.82 Å². The van der Waals surface area contributed by atoms with Gasteiger partial charge in [-0.25, -0.2) is 9.18 Å². The summed E-state index contributed by atoms with van der Waals surface area (Å²) in [4.78, 5) is 12.4. The third-order valence-electron chi connectivity index (χ3n) is 2.83. The predicted octanol–water partition coefficient (Wildman–Crippen LogP) is 1.16. The summed E-state index contributed by atoms with van der Waals surface area (Å²) in [7, 11) is 0. The first-order chi connectivity index (χ1) is 8.66. The summed E-state index contributed by atoms with van der Waals surface area (Å²) in [5.74, 6) is 0.0373. The first-order valence-corrected chi connectivity index (χ1v) is 5.75. The number of hydrogen-bond donors (Lipinski definition) is 2. The van der Waals surface area contributed by atoms with Crippen LogP contribution in [-0.2, 0) is 0 Å². The van der Waals surface area contributed by atoms with Crippen molar-refractivity contribution in [2.24, 2.45) is 0 Å². The number of nitrogens with one attached hydrogen (secondary N) is 1. The molecule has 1 aromatic carbocycles. The molecular weight excluding hydrogens is 239 g/mol. The molecule has 0 radical (unpaired) electrons. The van der Waals surface area contributed by atoms with Crippen molar-refractivity contribution in [1.82, 2.24) is 10.2 Å². The highest BCUT2D eigenvalue weighted by molar-refractivity contribution is 5.65. The molecule has 0 saturated carbocycles. The number of carbonyl (C=O) groups is 1. The molecule has 0 bridgehead atoms. The number of rotatable bonds is 3. The van der Waals surface area contributed by atoms with E-state index in [2.05, 4.69) is 5.32 Å². The number of piperazine rings is 1. The van der Waals surface area contributed by atoms with Gasteiger partial charge in [0.05, 0.1) is 6.04 Å². The van der Waals surface area contributed by atoms with Crippen molar-refractivity contribution >= 4 is 6.09 Å². The average Bonchev–Trinajstić information content (AvgIpc) is 2.37. The summed E-state index contributed by atoms with van der Waals surface area (Å²) in [6.45, 7) is 1.83. The average molecular weight is 254 g/mol. The van der Waals surface area contributed by atoms with Crippen molar-refractivity contribution in [2.75, 3.05) is 26.2 Å². The van der Waals surface area contributed by atoms with Crippen LogP contribution in [0.25, 0.3) is 0 Å². The maximum absolute atomic E-state index is 12.9. The van der Waals surface area contributed by atoms with Crippen molar-refractivity contribution in [2.45, 2.75) is 6.04 Å². The molecule has 98 valence electrons. The predicted molar refractivity (Wildman–Crippen MR) is 63.3 cm³/mol. The Morgan fingerprint density at radius 2 is 2.44 bits per heavy atom. The maximum atomic E-state index is 12.9. The molecule has 0 spiro atoms. The van der Waals surface area contributed by atoms with Gasteiger partial charge in [-0.05, 0) is 12.1 Å². The van der Waals surface area contributed by atoms with E-state index in [9.17, 15) is 9.18 Å². The van der Waals surface area contributed by atoms with Crippen LogP contribution >= 0.6 is 0 Å². The first-order valence-electron chi connectivity index (χ1n) is 5.75. The van der Waals surface area contributed by atoms with E-state index in [0.717, 1.165) is 0 Å². The van der Waals surface area contributed by atoms with Gasteiger partial charge in [0.25, 0.3) is 0 Å². The monoisotopic (exact) mass is 254 g/mol. The second-order valence-corrected chi connectivity index (χ2v) is 4.10. The van der Waals surface area contributed by atoms with Crippen molar-refractivity contribution in [3.05, 3.63) is 30.1 Å². The van der Waals surface area contributed by atoms with Crippen molar-refractivity contribution in [1.29, 1.82) is 0 Å². The number of carboxylic acid groups (broad SMARTS) is 1. The molecule has 0 aromatic heterocycles. The van der Waals surface area contributed by atoms with Crippen LogP contribution < -0.4 is 10.1 Å². The highest BCUT2D eigenvalue weighted by Gasteiger charge is 2.26. The molecular formula is C12H15FN2O3. The number of halogens is 1. The Morgan fingerprint density at radius 3 is 3.17 bits per heavy atom. The Kier molecular flexibility index (Phi) is 3.99. The van der Waals surface area contributed by atoms with Gasteiger partial charge in [-0.15, -0.1) is 0 Å². The normalized spacial score (nSPS) is 19.6. The molecule has 1 aliphatic heterocycles. The Labute approximate surface area is 104 Å². The Hall–Kier alpha value is -1.82. The quantitative estimate of drug-likeness (QED) is 0.849. The van der Waals surface area contributed by atoms with Gasteiger partial charge in [0.1, 0.15) is 18.2 Å². The number of hydrogen-bond acceptors (Lipinski definition) is 3. The lowest BCUT2D eigenvalue weighted by molar-refractivity contribution is 0.0902. The highest BCUT2D eigenvalue weighted by Crippen LogP contribution is 2.13. The van der Waals surface area contributed by atoms with Gasteiger partial charge in [0.2, 0.25) is 0 Å². The van der Waals surface area contributed by atoms with E-state index in [1.807, 2.05) is 0 Å². The molecule has 2 rings (SSSR count). The lowest BCUT2D eigenvalue weighted by Crippen LogP contribution is -2.55. The lowest BCUT2D eigenvalue weighted by Gasteiger charge is -2.33. The van der Waals surface area contributed by atoms with Crippen molar-refractivity contribution < 1.29 is 19.0 Å². The van der Waals surface area contributed by atoms with E-state index in [-0.39, 0.29) is 18.5 Å². The molecule has 1 heterocycles. The topological polar surface area (TPSA) is 61.8 Å². The highest BCUT2D eigenvalue weighted by atomic mass is 19.1.